The maximum absolute atomic E-state index is 5.46. The van der Waals surface area contributed by atoms with Crippen molar-refractivity contribution in [2.45, 2.75) is 13.3 Å². The van der Waals surface area contributed by atoms with Crippen LogP contribution in [0.2, 0.25) is 0 Å². The highest BCUT2D eigenvalue weighted by Crippen LogP contribution is 2.11. The molecule has 0 saturated carbocycles. The van der Waals surface area contributed by atoms with Gasteiger partial charge in [0.1, 0.15) is 17.5 Å². The Balaban J connectivity index is 1.90. The minimum Gasteiger partial charge on any atom is -0.370 e. The minimum absolute atomic E-state index is 0.583. The van der Waals surface area contributed by atoms with Crippen molar-refractivity contribution in [3.8, 4) is 0 Å². The number of nitrogens with one attached hydrogen (secondary N) is 3. The van der Waals surface area contributed by atoms with Gasteiger partial charge in [-0.2, -0.15) is 0 Å². The summed E-state index contributed by atoms with van der Waals surface area (Å²) in [6.07, 6.45) is 4.89. The lowest BCUT2D eigenvalue weighted by Crippen LogP contribution is -2.15. The third-order valence-electron chi connectivity index (χ3n) is 2.67. The number of hydrogen-bond donors (Lipinski definition) is 4. The number of aromatic nitrogens is 3. The summed E-state index contributed by atoms with van der Waals surface area (Å²) in [6, 6.07) is 3.97. The zero-order valence-electron chi connectivity index (χ0n) is 11.1. The monoisotopic (exact) mass is 260 g/mol. The molecule has 2 rings (SSSR count). The van der Waals surface area contributed by atoms with Gasteiger partial charge < -0.3 is 21.4 Å². The lowest BCUT2D eigenvalue weighted by molar-refractivity contribution is 0.965. The second kappa shape index (κ2) is 6.75. The highest BCUT2D eigenvalue weighted by Gasteiger charge is 2.01. The maximum atomic E-state index is 5.46. The van der Waals surface area contributed by atoms with Gasteiger partial charge in [-0.1, -0.05) is 0 Å². The lowest BCUT2D eigenvalue weighted by atomic mass is 10.2. The average Bonchev–Trinajstić information content (AvgIpc) is 2.89. The van der Waals surface area contributed by atoms with Crippen LogP contribution in [0.4, 0.5) is 11.6 Å². The molecule has 6 heteroatoms. The van der Waals surface area contributed by atoms with Crippen molar-refractivity contribution in [3.05, 3.63) is 35.9 Å². The molecule has 0 unspecified atom stereocenters. The van der Waals surface area contributed by atoms with E-state index >= 15 is 0 Å². The summed E-state index contributed by atoms with van der Waals surface area (Å²) < 4.78 is 0. The van der Waals surface area contributed by atoms with Crippen LogP contribution in [0.25, 0.3) is 0 Å². The number of aryl methyl sites for hydroxylation is 1. The van der Waals surface area contributed by atoms with Crippen LogP contribution < -0.4 is 16.4 Å². The SMILES string of the molecule is Cc1nc(NCCN)cc(NCCc2cc[nH]c2)n1. The van der Waals surface area contributed by atoms with Gasteiger partial charge in [-0.05, 0) is 25.0 Å². The average molecular weight is 260 g/mol. The fourth-order valence-corrected chi connectivity index (χ4v) is 1.80. The summed E-state index contributed by atoms with van der Waals surface area (Å²) in [5.41, 5.74) is 6.74. The number of nitrogens with zero attached hydrogens (tertiary/aromatic N) is 2. The molecular weight excluding hydrogens is 240 g/mol. The second-order valence-corrected chi connectivity index (χ2v) is 4.30. The summed E-state index contributed by atoms with van der Waals surface area (Å²) in [4.78, 5) is 11.7. The minimum atomic E-state index is 0.583. The van der Waals surface area contributed by atoms with Gasteiger partial charge >= 0.3 is 0 Å². The fourth-order valence-electron chi connectivity index (χ4n) is 1.80. The first-order valence-electron chi connectivity index (χ1n) is 6.43. The molecule has 0 bridgehead atoms. The molecule has 2 aromatic heterocycles. The molecule has 6 nitrogen and oxygen atoms in total. The first kappa shape index (κ1) is 13.4. The molecule has 0 fully saturated rings. The Kier molecular flexibility index (Phi) is 4.74. The molecule has 2 aromatic rings. The molecule has 0 amide bonds. The summed E-state index contributed by atoms with van der Waals surface area (Å²) >= 11 is 0. The molecule has 0 saturated heterocycles. The van der Waals surface area contributed by atoms with Crippen LogP contribution in [0, 0.1) is 6.92 Å². The van der Waals surface area contributed by atoms with Crippen molar-refractivity contribution in [1.29, 1.82) is 0 Å². The van der Waals surface area contributed by atoms with Gasteiger partial charge in [0.05, 0.1) is 0 Å². The first-order chi connectivity index (χ1) is 9.28. The predicted octanol–water partition coefficient (Wildman–Crippen LogP) is 1.14. The molecule has 0 aliphatic carbocycles. The summed E-state index contributed by atoms with van der Waals surface area (Å²) in [7, 11) is 0. The maximum Gasteiger partial charge on any atom is 0.131 e. The molecule has 0 spiro atoms. The summed E-state index contributed by atoms with van der Waals surface area (Å²) in [5, 5.41) is 6.46. The molecular formula is C13H20N6. The van der Waals surface area contributed by atoms with Gasteiger partial charge in [0.25, 0.3) is 0 Å². The third kappa shape index (κ3) is 4.26. The van der Waals surface area contributed by atoms with Gasteiger partial charge in [0, 0.05) is 38.1 Å². The van der Waals surface area contributed by atoms with Gasteiger partial charge in [-0.25, -0.2) is 9.97 Å². The number of H-pyrrole nitrogens is 1. The zero-order chi connectivity index (χ0) is 13.5. The topological polar surface area (TPSA) is 91.6 Å². The summed E-state index contributed by atoms with van der Waals surface area (Å²) in [6.45, 7) is 4.01. The van der Waals surface area contributed by atoms with E-state index in [0.29, 0.717) is 13.1 Å². The van der Waals surface area contributed by atoms with Gasteiger partial charge in [-0.3, -0.25) is 0 Å². The van der Waals surface area contributed by atoms with E-state index in [9.17, 15) is 0 Å². The normalized spacial score (nSPS) is 10.4. The Morgan fingerprint density at radius 2 is 1.95 bits per heavy atom. The smallest absolute Gasteiger partial charge is 0.131 e. The van der Waals surface area contributed by atoms with E-state index in [1.807, 2.05) is 25.4 Å². The van der Waals surface area contributed by atoms with E-state index in [-0.39, 0.29) is 0 Å². The Labute approximate surface area is 112 Å². The second-order valence-electron chi connectivity index (χ2n) is 4.30. The molecule has 5 N–H and O–H groups in total. The molecule has 0 atom stereocenters. The number of aromatic amines is 1. The molecule has 0 aromatic carbocycles. The van der Waals surface area contributed by atoms with Crippen molar-refractivity contribution in [2.24, 2.45) is 5.73 Å². The van der Waals surface area contributed by atoms with Crippen LogP contribution in [0.3, 0.4) is 0 Å². The van der Waals surface area contributed by atoms with Crippen LogP contribution in [0.15, 0.2) is 24.5 Å². The van der Waals surface area contributed by atoms with E-state index in [0.717, 1.165) is 30.4 Å². The Hall–Kier alpha value is -2.08. The highest BCUT2D eigenvalue weighted by atomic mass is 15.1. The number of nitrogens with two attached hydrogens (primary N) is 1. The Morgan fingerprint density at radius 1 is 1.21 bits per heavy atom. The largest absolute Gasteiger partial charge is 0.370 e. The Bertz CT molecular complexity index is 494. The van der Waals surface area contributed by atoms with Crippen LogP contribution in [0.1, 0.15) is 11.4 Å². The molecule has 2 heterocycles. The number of anilines is 2. The molecule has 102 valence electrons. The zero-order valence-corrected chi connectivity index (χ0v) is 11.1. The van der Waals surface area contributed by atoms with E-state index in [2.05, 4.69) is 31.7 Å². The lowest BCUT2D eigenvalue weighted by Gasteiger charge is -2.09. The van der Waals surface area contributed by atoms with Crippen molar-refractivity contribution in [1.82, 2.24) is 15.0 Å². The van der Waals surface area contributed by atoms with Gasteiger partial charge in [-0.15, -0.1) is 0 Å². The summed E-state index contributed by atoms with van der Waals surface area (Å²) in [5.74, 6) is 2.39. The van der Waals surface area contributed by atoms with Crippen LogP contribution in [-0.4, -0.2) is 34.6 Å². The van der Waals surface area contributed by atoms with Crippen molar-refractivity contribution in [2.75, 3.05) is 30.3 Å². The van der Waals surface area contributed by atoms with Crippen molar-refractivity contribution in [3.63, 3.8) is 0 Å². The van der Waals surface area contributed by atoms with E-state index in [4.69, 9.17) is 5.73 Å². The van der Waals surface area contributed by atoms with E-state index in [1.165, 1.54) is 5.56 Å². The van der Waals surface area contributed by atoms with Gasteiger partial charge in [0.15, 0.2) is 0 Å². The van der Waals surface area contributed by atoms with E-state index in [1.54, 1.807) is 0 Å². The molecule has 0 radical (unpaired) electrons. The number of rotatable bonds is 7. The van der Waals surface area contributed by atoms with Gasteiger partial charge in [0.2, 0.25) is 0 Å². The van der Waals surface area contributed by atoms with Crippen LogP contribution in [-0.2, 0) is 6.42 Å². The molecule has 19 heavy (non-hydrogen) atoms. The molecule has 0 aliphatic rings. The van der Waals surface area contributed by atoms with E-state index < -0.39 is 0 Å². The quantitative estimate of drug-likeness (QED) is 0.599. The third-order valence-corrected chi connectivity index (χ3v) is 2.67. The number of hydrogen-bond acceptors (Lipinski definition) is 5. The van der Waals surface area contributed by atoms with Crippen molar-refractivity contribution < 1.29 is 0 Å². The first-order valence-corrected chi connectivity index (χ1v) is 6.43. The fraction of sp³-hybridized carbons (Fsp3) is 0.385. The highest BCUT2D eigenvalue weighted by molar-refractivity contribution is 5.47. The standard InChI is InChI=1S/C13H20N6/c1-10-18-12(8-13(19-10)17-7-4-14)16-6-3-11-2-5-15-9-11/h2,5,8-9,15H,3-4,6-7,14H2,1H3,(H2,16,17,18,19). The Morgan fingerprint density at radius 3 is 2.58 bits per heavy atom. The van der Waals surface area contributed by atoms with Crippen LogP contribution >= 0.6 is 0 Å². The van der Waals surface area contributed by atoms with Crippen LogP contribution in [0.5, 0.6) is 0 Å². The predicted molar refractivity (Wildman–Crippen MR) is 77.3 cm³/mol. The molecule has 0 aliphatic heterocycles. The van der Waals surface area contributed by atoms with Crippen molar-refractivity contribution >= 4 is 11.6 Å².